The van der Waals surface area contributed by atoms with Crippen molar-refractivity contribution in [2.24, 2.45) is 5.73 Å². The minimum atomic E-state index is -0.338. The van der Waals surface area contributed by atoms with Gasteiger partial charge in [0.2, 0.25) is 0 Å². The molecule has 0 bridgehead atoms. The van der Waals surface area contributed by atoms with Crippen molar-refractivity contribution < 1.29 is 4.79 Å². The Labute approximate surface area is 83.9 Å². The third-order valence-corrected chi connectivity index (χ3v) is 2.53. The maximum Gasteiger partial charge on any atom is 0.315 e. The Hall–Kier alpha value is -1.26. The quantitative estimate of drug-likeness (QED) is 0.392. The first-order valence-corrected chi connectivity index (χ1v) is 5.04. The molecule has 1 aliphatic rings. The van der Waals surface area contributed by atoms with Crippen LogP contribution in [0.5, 0.6) is 0 Å². The van der Waals surface area contributed by atoms with Gasteiger partial charge >= 0.3 is 6.03 Å². The lowest BCUT2D eigenvalue weighted by molar-refractivity contribution is 0.226. The molecule has 1 atom stereocenters. The molecular weight excluding hydrogens is 180 g/mol. The van der Waals surface area contributed by atoms with E-state index in [1.54, 1.807) is 0 Å². The van der Waals surface area contributed by atoms with Gasteiger partial charge in [0.15, 0.2) is 0 Å². The number of carbonyl (C=O) groups is 1. The van der Waals surface area contributed by atoms with Crippen molar-refractivity contribution in [3.8, 4) is 0 Å². The topological polar surface area (TPSA) is 91.0 Å². The summed E-state index contributed by atoms with van der Waals surface area (Å²) in [6.45, 7) is 1.88. The van der Waals surface area contributed by atoms with Crippen LogP contribution in [0, 0.1) is 5.41 Å². The van der Waals surface area contributed by atoms with Crippen LogP contribution in [-0.4, -0.2) is 24.0 Å². The molecule has 1 rings (SSSR count). The molecule has 0 aromatic carbocycles. The Balaban J connectivity index is 2.26. The second-order valence-electron chi connectivity index (χ2n) is 3.66. The molecule has 2 amide bonds. The summed E-state index contributed by atoms with van der Waals surface area (Å²) in [5.74, 6) is 0.0104. The molecule has 5 nitrogen and oxygen atoms in total. The van der Waals surface area contributed by atoms with Crippen LogP contribution in [0.25, 0.3) is 0 Å². The molecule has 5 N–H and O–H groups in total. The third-order valence-electron chi connectivity index (χ3n) is 2.53. The fraction of sp³-hybridized carbons (Fsp3) is 0.778. The highest BCUT2D eigenvalue weighted by Gasteiger charge is 2.20. The SMILES string of the molecule is CCC(NC(=O)NC1CCC1)C(=N)N. The number of nitrogens with two attached hydrogens (primary N) is 1. The Morgan fingerprint density at radius 1 is 1.64 bits per heavy atom. The fourth-order valence-corrected chi connectivity index (χ4v) is 1.34. The zero-order valence-electron chi connectivity index (χ0n) is 8.47. The standard InChI is InChI=1S/C9H18N4O/c1-2-7(8(10)11)13-9(14)12-6-4-3-5-6/h6-7H,2-5H2,1H3,(H3,10,11)(H2,12,13,14). The number of amidine groups is 1. The number of urea groups is 1. The van der Waals surface area contributed by atoms with Crippen LogP contribution >= 0.6 is 0 Å². The Kier molecular flexibility index (Phi) is 3.73. The van der Waals surface area contributed by atoms with Crippen LogP contribution in [0.4, 0.5) is 4.79 Å². The monoisotopic (exact) mass is 198 g/mol. The molecule has 0 aromatic rings. The van der Waals surface area contributed by atoms with E-state index in [-0.39, 0.29) is 17.9 Å². The molecule has 14 heavy (non-hydrogen) atoms. The lowest BCUT2D eigenvalue weighted by Gasteiger charge is -2.27. The second kappa shape index (κ2) is 4.83. The van der Waals surface area contributed by atoms with Gasteiger partial charge in [0.1, 0.15) is 5.84 Å². The van der Waals surface area contributed by atoms with Crippen molar-refractivity contribution in [1.82, 2.24) is 10.6 Å². The summed E-state index contributed by atoms with van der Waals surface area (Å²) in [6, 6.07) is -0.230. The van der Waals surface area contributed by atoms with E-state index in [9.17, 15) is 4.79 Å². The third kappa shape index (κ3) is 2.90. The highest BCUT2D eigenvalue weighted by atomic mass is 16.2. The number of hydrogen-bond donors (Lipinski definition) is 4. The van der Waals surface area contributed by atoms with Gasteiger partial charge < -0.3 is 16.4 Å². The minimum Gasteiger partial charge on any atom is -0.386 e. The van der Waals surface area contributed by atoms with Crippen molar-refractivity contribution >= 4 is 11.9 Å². The van der Waals surface area contributed by atoms with Gasteiger partial charge in [-0.2, -0.15) is 0 Å². The van der Waals surface area contributed by atoms with Gasteiger partial charge in [0.05, 0.1) is 6.04 Å². The first-order chi connectivity index (χ1) is 6.63. The first kappa shape index (κ1) is 10.8. The lowest BCUT2D eigenvalue weighted by atomic mass is 9.93. The van der Waals surface area contributed by atoms with Crippen molar-refractivity contribution in [2.45, 2.75) is 44.7 Å². The van der Waals surface area contributed by atoms with E-state index in [4.69, 9.17) is 11.1 Å². The number of nitrogens with one attached hydrogen (secondary N) is 3. The van der Waals surface area contributed by atoms with Crippen molar-refractivity contribution in [2.75, 3.05) is 0 Å². The normalized spacial score (nSPS) is 18.1. The van der Waals surface area contributed by atoms with E-state index in [2.05, 4.69) is 10.6 Å². The average molecular weight is 198 g/mol. The van der Waals surface area contributed by atoms with Gasteiger partial charge in [-0.05, 0) is 25.7 Å². The summed E-state index contributed by atoms with van der Waals surface area (Å²) >= 11 is 0. The molecule has 0 spiro atoms. The molecule has 5 heteroatoms. The Bertz CT molecular complexity index is 225. The molecule has 0 radical (unpaired) electrons. The van der Waals surface area contributed by atoms with Crippen LogP contribution in [0.15, 0.2) is 0 Å². The Morgan fingerprint density at radius 2 is 2.29 bits per heavy atom. The van der Waals surface area contributed by atoms with Gasteiger partial charge in [-0.3, -0.25) is 5.41 Å². The van der Waals surface area contributed by atoms with Crippen LogP contribution in [0.2, 0.25) is 0 Å². The summed E-state index contributed by atoms with van der Waals surface area (Å²) in [7, 11) is 0. The van der Waals surface area contributed by atoms with Crippen LogP contribution in [-0.2, 0) is 0 Å². The van der Waals surface area contributed by atoms with Crippen molar-refractivity contribution in [3.63, 3.8) is 0 Å². The summed E-state index contributed by atoms with van der Waals surface area (Å²) in [4.78, 5) is 11.3. The number of amides is 2. The van der Waals surface area contributed by atoms with Gasteiger partial charge in [-0.25, -0.2) is 4.79 Å². The molecule has 1 aliphatic carbocycles. The van der Waals surface area contributed by atoms with Gasteiger partial charge in [0, 0.05) is 6.04 Å². The number of hydrogen-bond acceptors (Lipinski definition) is 2. The van der Waals surface area contributed by atoms with Crippen LogP contribution < -0.4 is 16.4 Å². The molecule has 1 unspecified atom stereocenters. The zero-order valence-corrected chi connectivity index (χ0v) is 8.47. The van der Waals surface area contributed by atoms with E-state index in [0.717, 1.165) is 12.8 Å². The predicted octanol–water partition coefficient (Wildman–Crippen LogP) is 0.553. The van der Waals surface area contributed by atoms with E-state index < -0.39 is 0 Å². The minimum absolute atomic E-state index is 0.0104. The molecule has 1 fully saturated rings. The lowest BCUT2D eigenvalue weighted by Crippen LogP contribution is -2.51. The molecule has 1 saturated carbocycles. The predicted molar refractivity (Wildman–Crippen MR) is 55.3 cm³/mol. The smallest absolute Gasteiger partial charge is 0.315 e. The number of rotatable bonds is 4. The van der Waals surface area contributed by atoms with Gasteiger partial charge in [-0.1, -0.05) is 6.92 Å². The van der Waals surface area contributed by atoms with Gasteiger partial charge in [-0.15, -0.1) is 0 Å². The largest absolute Gasteiger partial charge is 0.386 e. The second-order valence-corrected chi connectivity index (χ2v) is 3.66. The number of carbonyl (C=O) groups excluding carboxylic acids is 1. The summed E-state index contributed by atoms with van der Waals surface area (Å²) in [5.41, 5.74) is 5.31. The Morgan fingerprint density at radius 3 is 2.64 bits per heavy atom. The summed E-state index contributed by atoms with van der Waals surface area (Å²) < 4.78 is 0. The van der Waals surface area contributed by atoms with Crippen molar-refractivity contribution in [3.05, 3.63) is 0 Å². The van der Waals surface area contributed by atoms with E-state index >= 15 is 0 Å². The van der Waals surface area contributed by atoms with Crippen LogP contribution in [0.3, 0.4) is 0 Å². The molecule has 80 valence electrons. The summed E-state index contributed by atoms with van der Waals surface area (Å²) in [6.07, 6.45) is 3.96. The highest BCUT2D eigenvalue weighted by Crippen LogP contribution is 2.17. The molecule has 0 heterocycles. The van der Waals surface area contributed by atoms with Crippen molar-refractivity contribution in [1.29, 1.82) is 5.41 Å². The van der Waals surface area contributed by atoms with Crippen LogP contribution in [0.1, 0.15) is 32.6 Å². The average Bonchev–Trinajstić information content (AvgIpc) is 2.07. The highest BCUT2D eigenvalue weighted by molar-refractivity contribution is 5.87. The van der Waals surface area contributed by atoms with E-state index in [1.165, 1.54) is 6.42 Å². The molecule has 0 aliphatic heterocycles. The van der Waals surface area contributed by atoms with E-state index in [1.807, 2.05) is 6.92 Å². The molecule has 0 aromatic heterocycles. The zero-order chi connectivity index (χ0) is 10.6. The maximum atomic E-state index is 11.3. The fourth-order valence-electron chi connectivity index (χ4n) is 1.34. The summed E-state index contributed by atoms with van der Waals surface area (Å²) in [5, 5.41) is 12.7. The van der Waals surface area contributed by atoms with E-state index in [0.29, 0.717) is 12.5 Å². The molecular formula is C9H18N4O. The maximum absolute atomic E-state index is 11.3. The first-order valence-electron chi connectivity index (χ1n) is 5.04. The van der Waals surface area contributed by atoms with Gasteiger partial charge in [0.25, 0.3) is 0 Å². The molecule has 0 saturated heterocycles.